The van der Waals surface area contributed by atoms with Crippen molar-refractivity contribution in [3.8, 4) is 0 Å². The van der Waals surface area contributed by atoms with Crippen molar-refractivity contribution in [2.75, 3.05) is 0 Å². The molecule has 23 heavy (non-hydrogen) atoms. The van der Waals surface area contributed by atoms with E-state index in [0.29, 0.717) is 18.0 Å². The summed E-state index contributed by atoms with van der Waals surface area (Å²) in [7, 11) is 0. The zero-order chi connectivity index (χ0) is 15.6. The number of nitrogens with zero attached hydrogens (tertiary/aromatic N) is 1. The van der Waals surface area contributed by atoms with Gasteiger partial charge in [-0.15, -0.1) is 0 Å². The van der Waals surface area contributed by atoms with Gasteiger partial charge in [-0.1, -0.05) is 24.3 Å². The molecule has 1 unspecified atom stereocenters. The van der Waals surface area contributed by atoms with Crippen LogP contribution in [0.25, 0.3) is 0 Å². The average Bonchev–Trinajstić information content (AvgIpc) is 2.94. The van der Waals surface area contributed by atoms with Crippen LogP contribution < -0.4 is 5.32 Å². The predicted octanol–water partition coefficient (Wildman–Crippen LogP) is 2.52. The van der Waals surface area contributed by atoms with Crippen molar-refractivity contribution in [3.63, 3.8) is 0 Å². The molecule has 0 amide bonds. The highest BCUT2D eigenvalue weighted by atomic mass is 16.3. The van der Waals surface area contributed by atoms with Crippen molar-refractivity contribution in [1.29, 1.82) is 0 Å². The van der Waals surface area contributed by atoms with Crippen LogP contribution in [0.3, 0.4) is 0 Å². The third kappa shape index (κ3) is 3.31. The molecule has 0 spiro atoms. The highest BCUT2D eigenvalue weighted by Gasteiger charge is 2.35. The molecular weight excluding hydrogens is 284 g/mol. The molecule has 1 atom stereocenters. The number of fused-ring (bicyclic) bond motifs is 1. The first-order valence-electron chi connectivity index (χ1n) is 8.68. The Morgan fingerprint density at radius 1 is 1.04 bits per heavy atom. The molecule has 120 valence electrons. The summed E-state index contributed by atoms with van der Waals surface area (Å²) in [4.78, 5) is 4.11. The minimum atomic E-state index is -0.0949. The number of pyridine rings is 1. The highest BCUT2D eigenvalue weighted by molar-refractivity contribution is 5.33. The molecule has 1 saturated carbocycles. The maximum atomic E-state index is 9.70. The van der Waals surface area contributed by atoms with Crippen molar-refractivity contribution in [2.45, 2.75) is 50.3 Å². The number of hydrogen-bond donors (Lipinski definition) is 2. The average molecular weight is 308 g/mol. The Bertz CT molecular complexity index is 627. The minimum absolute atomic E-state index is 0.0949. The van der Waals surface area contributed by atoms with Gasteiger partial charge in [-0.25, -0.2) is 0 Å². The largest absolute Gasteiger partial charge is 0.393 e. The van der Waals surface area contributed by atoms with Gasteiger partial charge in [0.15, 0.2) is 0 Å². The Hall–Kier alpha value is -1.71. The standard InChI is InChI=1S/C20H24N2O/c23-19-12-17(13-19)20(9-14-5-7-21-8-6-14)22-18-10-15-3-1-2-4-16(15)11-18/h1-8,17-20,22-23H,9-13H2. The van der Waals surface area contributed by atoms with Crippen LogP contribution >= 0.6 is 0 Å². The number of aliphatic hydroxyl groups excluding tert-OH is 1. The monoisotopic (exact) mass is 308 g/mol. The first-order chi connectivity index (χ1) is 11.3. The summed E-state index contributed by atoms with van der Waals surface area (Å²) >= 11 is 0. The molecule has 1 heterocycles. The van der Waals surface area contributed by atoms with E-state index in [4.69, 9.17) is 0 Å². The normalized spacial score (nSPS) is 24.9. The van der Waals surface area contributed by atoms with Crippen molar-refractivity contribution < 1.29 is 5.11 Å². The zero-order valence-corrected chi connectivity index (χ0v) is 13.4. The second-order valence-electron chi connectivity index (χ2n) is 7.09. The topological polar surface area (TPSA) is 45.2 Å². The van der Waals surface area contributed by atoms with Gasteiger partial charge in [-0.3, -0.25) is 4.98 Å². The molecule has 0 bridgehead atoms. The molecule has 1 aromatic carbocycles. The van der Waals surface area contributed by atoms with E-state index >= 15 is 0 Å². The lowest BCUT2D eigenvalue weighted by Gasteiger charge is -2.39. The molecule has 0 saturated heterocycles. The molecular formula is C20H24N2O. The third-order valence-corrected chi connectivity index (χ3v) is 5.42. The molecule has 3 heteroatoms. The van der Waals surface area contributed by atoms with Gasteiger partial charge in [0.2, 0.25) is 0 Å². The quantitative estimate of drug-likeness (QED) is 0.892. The summed E-state index contributed by atoms with van der Waals surface area (Å²) in [6, 6.07) is 14.0. The fourth-order valence-corrected chi connectivity index (χ4v) is 4.07. The number of aliphatic hydroxyl groups is 1. The fraction of sp³-hybridized carbons (Fsp3) is 0.450. The van der Waals surface area contributed by atoms with Gasteiger partial charge in [0.25, 0.3) is 0 Å². The number of benzene rings is 1. The number of nitrogens with one attached hydrogen (secondary N) is 1. The van der Waals surface area contributed by atoms with E-state index in [1.165, 1.54) is 16.7 Å². The van der Waals surface area contributed by atoms with Gasteiger partial charge in [0.05, 0.1) is 6.10 Å². The van der Waals surface area contributed by atoms with Crippen LogP contribution in [0.4, 0.5) is 0 Å². The smallest absolute Gasteiger partial charge is 0.0546 e. The predicted molar refractivity (Wildman–Crippen MR) is 91.2 cm³/mol. The van der Waals surface area contributed by atoms with E-state index in [2.05, 4.69) is 46.7 Å². The Balaban J connectivity index is 1.44. The molecule has 1 aromatic heterocycles. The van der Waals surface area contributed by atoms with E-state index in [1.54, 1.807) is 0 Å². The summed E-state index contributed by atoms with van der Waals surface area (Å²) in [5, 5.41) is 13.6. The van der Waals surface area contributed by atoms with Gasteiger partial charge in [0.1, 0.15) is 0 Å². The number of hydrogen-bond acceptors (Lipinski definition) is 3. The molecule has 0 aliphatic heterocycles. The van der Waals surface area contributed by atoms with E-state index in [0.717, 1.165) is 32.1 Å². The zero-order valence-electron chi connectivity index (χ0n) is 13.4. The van der Waals surface area contributed by atoms with Crippen molar-refractivity contribution in [1.82, 2.24) is 10.3 Å². The van der Waals surface area contributed by atoms with E-state index < -0.39 is 0 Å². The second kappa shape index (κ2) is 6.42. The molecule has 2 aliphatic carbocycles. The molecule has 2 aromatic rings. The lowest BCUT2D eigenvalue weighted by molar-refractivity contribution is 0.0224. The highest BCUT2D eigenvalue weighted by Crippen LogP contribution is 2.33. The lowest BCUT2D eigenvalue weighted by Crippen LogP contribution is -2.50. The van der Waals surface area contributed by atoms with Gasteiger partial charge in [-0.05, 0) is 66.8 Å². The fourth-order valence-electron chi connectivity index (χ4n) is 4.07. The van der Waals surface area contributed by atoms with Crippen LogP contribution in [0.15, 0.2) is 48.8 Å². The van der Waals surface area contributed by atoms with Crippen LogP contribution in [-0.2, 0) is 19.3 Å². The second-order valence-corrected chi connectivity index (χ2v) is 7.09. The molecule has 0 radical (unpaired) electrons. The maximum absolute atomic E-state index is 9.70. The van der Waals surface area contributed by atoms with Gasteiger partial charge >= 0.3 is 0 Å². The van der Waals surface area contributed by atoms with Crippen molar-refractivity contribution >= 4 is 0 Å². The van der Waals surface area contributed by atoms with Crippen LogP contribution in [-0.4, -0.2) is 28.3 Å². The Morgan fingerprint density at radius 2 is 1.70 bits per heavy atom. The van der Waals surface area contributed by atoms with Crippen molar-refractivity contribution in [3.05, 3.63) is 65.5 Å². The van der Waals surface area contributed by atoms with Crippen LogP contribution in [0, 0.1) is 5.92 Å². The molecule has 2 N–H and O–H groups in total. The Kier molecular flexibility index (Phi) is 4.15. The van der Waals surface area contributed by atoms with E-state index in [-0.39, 0.29) is 6.10 Å². The van der Waals surface area contributed by atoms with Gasteiger partial charge < -0.3 is 10.4 Å². The summed E-state index contributed by atoms with van der Waals surface area (Å²) in [6.07, 6.45) is 8.78. The molecule has 3 nitrogen and oxygen atoms in total. The number of rotatable bonds is 5. The van der Waals surface area contributed by atoms with Crippen LogP contribution in [0.1, 0.15) is 29.5 Å². The molecule has 2 aliphatic rings. The molecule has 4 rings (SSSR count). The first-order valence-corrected chi connectivity index (χ1v) is 8.68. The van der Waals surface area contributed by atoms with Crippen LogP contribution in [0.2, 0.25) is 0 Å². The summed E-state index contributed by atoms with van der Waals surface area (Å²) in [5.41, 5.74) is 4.30. The van der Waals surface area contributed by atoms with E-state index in [1.807, 2.05) is 12.4 Å². The molecule has 1 fully saturated rings. The SMILES string of the molecule is OC1CC(C(Cc2ccncc2)NC2Cc3ccccc3C2)C1. The van der Waals surface area contributed by atoms with E-state index in [9.17, 15) is 5.11 Å². The van der Waals surface area contributed by atoms with Crippen LogP contribution in [0.5, 0.6) is 0 Å². The van der Waals surface area contributed by atoms with Crippen molar-refractivity contribution in [2.24, 2.45) is 5.92 Å². The summed E-state index contributed by atoms with van der Waals surface area (Å²) in [6.45, 7) is 0. The van der Waals surface area contributed by atoms with Gasteiger partial charge in [0, 0.05) is 24.5 Å². The maximum Gasteiger partial charge on any atom is 0.0546 e. The lowest BCUT2D eigenvalue weighted by atomic mass is 9.75. The minimum Gasteiger partial charge on any atom is -0.393 e. The Labute approximate surface area is 137 Å². The van der Waals surface area contributed by atoms with Gasteiger partial charge in [-0.2, -0.15) is 0 Å². The number of aromatic nitrogens is 1. The summed E-state index contributed by atoms with van der Waals surface area (Å²) in [5.74, 6) is 0.585. The summed E-state index contributed by atoms with van der Waals surface area (Å²) < 4.78 is 0. The first kappa shape index (κ1) is 14.9. The third-order valence-electron chi connectivity index (χ3n) is 5.42. The Morgan fingerprint density at radius 3 is 2.30 bits per heavy atom.